The summed E-state index contributed by atoms with van der Waals surface area (Å²) >= 11 is 3.06. The van der Waals surface area contributed by atoms with Crippen molar-refractivity contribution in [2.24, 2.45) is 0 Å². The molecule has 4 aromatic rings. The SMILES string of the molecule is O=C(CSCc1cccnc1)NNC(=O)c1ccc(CSc2nc3ccccc3[nH]2)cc1. The van der Waals surface area contributed by atoms with Gasteiger partial charge in [0.25, 0.3) is 5.91 Å². The predicted octanol–water partition coefficient (Wildman–Crippen LogP) is 3.94. The molecule has 162 valence electrons. The summed E-state index contributed by atoms with van der Waals surface area (Å²) < 4.78 is 0. The van der Waals surface area contributed by atoms with Gasteiger partial charge in [-0.15, -0.1) is 11.8 Å². The molecule has 0 radical (unpaired) electrons. The molecular formula is C23H21N5O2S2. The van der Waals surface area contributed by atoms with Crippen LogP contribution in [0.25, 0.3) is 11.0 Å². The Balaban J connectivity index is 1.20. The van der Waals surface area contributed by atoms with E-state index in [1.54, 1.807) is 36.3 Å². The summed E-state index contributed by atoms with van der Waals surface area (Å²) in [7, 11) is 0. The first-order valence-electron chi connectivity index (χ1n) is 9.90. The van der Waals surface area contributed by atoms with Crippen LogP contribution in [0.1, 0.15) is 21.5 Å². The van der Waals surface area contributed by atoms with E-state index in [1.807, 2.05) is 48.5 Å². The lowest BCUT2D eigenvalue weighted by Gasteiger charge is -2.08. The number of H-pyrrole nitrogens is 1. The van der Waals surface area contributed by atoms with Crippen molar-refractivity contribution in [2.45, 2.75) is 16.7 Å². The Bertz CT molecular complexity index is 1160. The van der Waals surface area contributed by atoms with Gasteiger partial charge in [-0.2, -0.15) is 0 Å². The highest BCUT2D eigenvalue weighted by atomic mass is 32.2. The monoisotopic (exact) mass is 463 g/mol. The molecule has 0 saturated carbocycles. The lowest BCUT2D eigenvalue weighted by molar-refractivity contribution is -0.119. The fourth-order valence-corrected chi connectivity index (χ4v) is 4.49. The van der Waals surface area contributed by atoms with Crippen molar-refractivity contribution in [3.8, 4) is 0 Å². The quantitative estimate of drug-likeness (QED) is 0.270. The molecule has 2 aromatic heterocycles. The number of hydrogen-bond donors (Lipinski definition) is 3. The third-order valence-corrected chi connectivity index (χ3v) is 6.45. The number of benzene rings is 2. The summed E-state index contributed by atoms with van der Waals surface area (Å²) in [4.78, 5) is 36.1. The minimum atomic E-state index is -0.355. The van der Waals surface area contributed by atoms with Crippen LogP contribution in [0.3, 0.4) is 0 Å². The second-order valence-electron chi connectivity index (χ2n) is 6.90. The number of carbonyl (C=O) groups is 2. The maximum Gasteiger partial charge on any atom is 0.269 e. The van der Waals surface area contributed by atoms with E-state index in [-0.39, 0.29) is 17.6 Å². The van der Waals surface area contributed by atoms with Gasteiger partial charge in [0, 0.05) is 29.5 Å². The average Bonchev–Trinajstić information content (AvgIpc) is 3.25. The molecule has 0 aliphatic rings. The summed E-state index contributed by atoms with van der Waals surface area (Å²) in [6.07, 6.45) is 3.48. The van der Waals surface area contributed by atoms with Gasteiger partial charge in [0.15, 0.2) is 5.16 Å². The summed E-state index contributed by atoms with van der Waals surface area (Å²) in [5, 5.41) is 0.858. The number of hydrogen-bond acceptors (Lipinski definition) is 6. The van der Waals surface area contributed by atoms with Crippen molar-refractivity contribution in [1.29, 1.82) is 0 Å². The third-order valence-electron chi connectivity index (χ3n) is 4.50. The lowest BCUT2D eigenvalue weighted by atomic mass is 10.1. The van der Waals surface area contributed by atoms with E-state index in [1.165, 1.54) is 11.8 Å². The topological polar surface area (TPSA) is 99.8 Å². The highest BCUT2D eigenvalue weighted by Gasteiger charge is 2.09. The second kappa shape index (κ2) is 10.8. The molecule has 2 amide bonds. The van der Waals surface area contributed by atoms with Crippen LogP contribution >= 0.6 is 23.5 Å². The van der Waals surface area contributed by atoms with Gasteiger partial charge in [-0.05, 0) is 41.5 Å². The minimum Gasteiger partial charge on any atom is -0.333 e. The predicted molar refractivity (Wildman–Crippen MR) is 128 cm³/mol. The number of carbonyl (C=O) groups excluding carboxylic acids is 2. The zero-order valence-corrected chi connectivity index (χ0v) is 18.7. The molecule has 0 bridgehead atoms. The number of para-hydroxylation sites is 2. The first kappa shape index (κ1) is 21.9. The van der Waals surface area contributed by atoms with E-state index in [4.69, 9.17) is 0 Å². The number of aromatic amines is 1. The Labute approximate surface area is 193 Å². The van der Waals surface area contributed by atoms with Gasteiger partial charge >= 0.3 is 0 Å². The van der Waals surface area contributed by atoms with Gasteiger partial charge in [-0.25, -0.2) is 4.98 Å². The van der Waals surface area contributed by atoms with Gasteiger partial charge in [-0.3, -0.25) is 25.4 Å². The average molecular weight is 464 g/mol. The fourth-order valence-electron chi connectivity index (χ4n) is 2.88. The van der Waals surface area contributed by atoms with Gasteiger partial charge in [0.05, 0.1) is 16.8 Å². The van der Waals surface area contributed by atoms with Crippen molar-refractivity contribution in [2.75, 3.05) is 5.75 Å². The number of amides is 2. The molecule has 32 heavy (non-hydrogen) atoms. The Kier molecular flexibility index (Phi) is 7.42. The molecule has 0 unspecified atom stereocenters. The normalized spacial score (nSPS) is 10.8. The Morgan fingerprint density at radius 1 is 0.906 bits per heavy atom. The molecule has 9 heteroatoms. The van der Waals surface area contributed by atoms with Gasteiger partial charge in [-0.1, -0.05) is 42.1 Å². The minimum absolute atomic E-state index is 0.243. The summed E-state index contributed by atoms with van der Waals surface area (Å²) in [6, 6.07) is 19.0. The molecule has 0 atom stereocenters. The van der Waals surface area contributed by atoms with Crippen LogP contribution in [0, 0.1) is 0 Å². The Morgan fingerprint density at radius 2 is 1.75 bits per heavy atom. The maximum atomic E-state index is 12.3. The summed E-state index contributed by atoms with van der Waals surface area (Å²) in [5.41, 5.74) is 9.46. The number of hydrazine groups is 1. The van der Waals surface area contributed by atoms with E-state index in [9.17, 15) is 9.59 Å². The number of fused-ring (bicyclic) bond motifs is 1. The first-order valence-corrected chi connectivity index (χ1v) is 12.0. The van der Waals surface area contributed by atoms with Gasteiger partial charge in [0.1, 0.15) is 0 Å². The smallest absolute Gasteiger partial charge is 0.269 e. The van der Waals surface area contributed by atoms with Crippen molar-refractivity contribution >= 4 is 46.4 Å². The standard InChI is InChI=1S/C23H21N5O2S2/c29-21(15-31-13-17-4-3-11-24-12-17)27-28-22(30)18-9-7-16(8-10-18)14-32-23-25-19-5-1-2-6-20(19)26-23/h1-12H,13-15H2,(H,25,26)(H,27,29)(H,28,30). The number of aromatic nitrogens is 3. The number of nitrogens with zero attached hydrogens (tertiary/aromatic N) is 2. The first-order chi connectivity index (χ1) is 15.7. The third kappa shape index (κ3) is 6.12. The van der Waals surface area contributed by atoms with Crippen molar-refractivity contribution in [1.82, 2.24) is 25.8 Å². The Morgan fingerprint density at radius 3 is 2.53 bits per heavy atom. The molecule has 0 aliphatic carbocycles. The van der Waals surface area contributed by atoms with Crippen molar-refractivity contribution in [3.63, 3.8) is 0 Å². The number of nitrogens with one attached hydrogen (secondary N) is 3. The summed E-state index contributed by atoms with van der Waals surface area (Å²) in [5.74, 6) is 1.04. The van der Waals surface area contributed by atoms with E-state index in [0.717, 1.165) is 33.1 Å². The number of imidazole rings is 1. The van der Waals surface area contributed by atoms with Crippen LogP contribution in [-0.4, -0.2) is 32.5 Å². The number of pyridine rings is 1. The molecule has 0 aliphatic heterocycles. The van der Waals surface area contributed by atoms with Crippen molar-refractivity contribution < 1.29 is 9.59 Å². The molecule has 2 heterocycles. The summed E-state index contributed by atoms with van der Waals surface area (Å²) in [6.45, 7) is 0. The molecule has 2 aromatic carbocycles. The number of rotatable bonds is 8. The van der Waals surface area contributed by atoms with Crippen LogP contribution in [0.15, 0.2) is 78.2 Å². The second-order valence-corrected chi connectivity index (χ2v) is 8.85. The molecule has 0 fully saturated rings. The van der Waals surface area contributed by atoms with Crippen LogP contribution < -0.4 is 10.9 Å². The highest BCUT2D eigenvalue weighted by Crippen LogP contribution is 2.23. The molecule has 3 N–H and O–H groups in total. The van der Waals surface area contributed by atoms with Gasteiger partial charge in [0.2, 0.25) is 5.91 Å². The van der Waals surface area contributed by atoms with E-state index < -0.39 is 0 Å². The van der Waals surface area contributed by atoms with Gasteiger partial charge < -0.3 is 4.98 Å². The Hall–Kier alpha value is -3.30. The van der Waals surface area contributed by atoms with Crippen LogP contribution in [-0.2, 0) is 16.3 Å². The maximum absolute atomic E-state index is 12.3. The molecular weight excluding hydrogens is 442 g/mol. The van der Waals surface area contributed by atoms with Crippen LogP contribution in [0.2, 0.25) is 0 Å². The molecule has 4 rings (SSSR count). The highest BCUT2D eigenvalue weighted by molar-refractivity contribution is 7.99. The molecule has 0 spiro atoms. The van der Waals surface area contributed by atoms with E-state index in [0.29, 0.717) is 11.3 Å². The van der Waals surface area contributed by atoms with E-state index in [2.05, 4.69) is 25.8 Å². The van der Waals surface area contributed by atoms with Crippen LogP contribution in [0.5, 0.6) is 0 Å². The molecule has 7 nitrogen and oxygen atoms in total. The largest absolute Gasteiger partial charge is 0.333 e. The zero-order chi connectivity index (χ0) is 22.2. The van der Waals surface area contributed by atoms with E-state index >= 15 is 0 Å². The van der Waals surface area contributed by atoms with Crippen LogP contribution in [0.4, 0.5) is 0 Å². The van der Waals surface area contributed by atoms with Crippen molar-refractivity contribution in [3.05, 3.63) is 89.7 Å². The fraction of sp³-hybridized carbons (Fsp3) is 0.130. The lowest BCUT2D eigenvalue weighted by Crippen LogP contribution is -2.42. The zero-order valence-electron chi connectivity index (χ0n) is 17.1. The molecule has 0 saturated heterocycles. The number of thioether (sulfide) groups is 2.